The summed E-state index contributed by atoms with van der Waals surface area (Å²) in [7, 11) is 0. The number of nitrogens with zero attached hydrogens (tertiary/aromatic N) is 2. The molecule has 2 aliphatic carbocycles. The number of benzene rings is 2. The minimum Gasteiger partial charge on any atom is -0.299 e. The number of ketones is 1. The van der Waals surface area contributed by atoms with Gasteiger partial charge in [0.05, 0.1) is 11.3 Å². The molecule has 5 rings (SSSR count). The lowest BCUT2D eigenvalue weighted by Crippen LogP contribution is -2.50. The predicted molar refractivity (Wildman–Crippen MR) is 110 cm³/mol. The highest BCUT2D eigenvalue weighted by molar-refractivity contribution is 5.83. The molecule has 0 aliphatic heterocycles. The molecule has 1 fully saturated rings. The summed E-state index contributed by atoms with van der Waals surface area (Å²) in [5, 5.41) is 0. The zero-order valence-corrected chi connectivity index (χ0v) is 16.7. The molecule has 5 heteroatoms. The Balaban J connectivity index is 1.77. The van der Waals surface area contributed by atoms with Crippen molar-refractivity contribution < 1.29 is 13.6 Å². The quantitative estimate of drug-likeness (QED) is 0.584. The Hall–Kier alpha value is -2.95. The standard InChI is InChI=1S/C25H22F2N2O/c1-15-18-11-10-16-14-28-24(22-19(26)8-5-9-20(22)27)29-23(16)25(18,13-12-21(15)30)17-6-3-2-4-7-17/h2-9,14-15,18H,10-13H2,1H3/t15-,18-,25+/m0/s1. The average molecular weight is 404 g/mol. The first-order chi connectivity index (χ1) is 14.5. The van der Waals surface area contributed by atoms with Crippen molar-refractivity contribution in [1.82, 2.24) is 9.97 Å². The topological polar surface area (TPSA) is 42.9 Å². The van der Waals surface area contributed by atoms with Gasteiger partial charge in [-0.15, -0.1) is 0 Å². The van der Waals surface area contributed by atoms with E-state index in [1.165, 1.54) is 18.2 Å². The third-order valence-electron chi connectivity index (χ3n) is 7.00. The summed E-state index contributed by atoms with van der Waals surface area (Å²) in [6, 6.07) is 13.9. The molecule has 0 radical (unpaired) electrons. The summed E-state index contributed by atoms with van der Waals surface area (Å²) in [5.74, 6) is -1.00. The number of rotatable bonds is 2. The van der Waals surface area contributed by atoms with E-state index in [2.05, 4.69) is 17.1 Å². The Bertz CT molecular complexity index is 1110. The van der Waals surface area contributed by atoms with Crippen LogP contribution in [-0.2, 0) is 16.6 Å². The molecule has 2 aromatic carbocycles. The van der Waals surface area contributed by atoms with Crippen LogP contribution in [0.2, 0.25) is 0 Å². The zero-order chi connectivity index (χ0) is 20.9. The van der Waals surface area contributed by atoms with Crippen LogP contribution in [0.3, 0.4) is 0 Å². The molecule has 3 atom stereocenters. The van der Waals surface area contributed by atoms with Crippen molar-refractivity contribution >= 4 is 5.78 Å². The van der Waals surface area contributed by atoms with E-state index in [1.807, 2.05) is 25.1 Å². The van der Waals surface area contributed by atoms with Crippen LogP contribution in [0, 0.1) is 23.5 Å². The summed E-state index contributed by atoms with van der Waals surface area (Å²) in [6.07, 6.45) is 4.46. The van der Waals surface area contributed by atoms with Crippen LogP contribution in [0.5, 0.6) is 0 Å². The number of Topliss-reactive ketones (excluding diaryl/α,β-unsaturated/α-hetero) is 1. The lowest BCUT2D eigenvalue weighted by atomic mass is 9.53. The van der Waals surface area contributed by atoms with E-state index in [1.54, 1.807) is 6.20 Å². The molecule has 0 saturated heterocycles. The van der Waals surface area contributed by atoms with Crippen molar-refractivity contribution in [3.63, 3.8) is 0 Å². The molecule has 0 amide bonds. The Kier molecular flexibility index (Phi) is 4.49. The number of carbonyl (C=O) groups excluding carboxylic acids is 1. The van der Waals surface area contributed by atoms with Gasteiger partial charge in [-0.3, -0.25) is 4.79 Å². The number of halogens is 2. The van der Waals surface area contributed by atoms with Crippen LogP contribution in [0.4, 0.5) is 8.78 Å². The lowest BCUT2D eigenvalue weighted by Gasteiger charge is -2.50. The van der Waals surface area contributed by atoms with Crippen molar-refractivity contribution in [2.24, 2.45) is 11.8 Å². The molecule has 3 aromatic rings. The van der Waals surface area contributed by atoms with Gasteiger partial charge in [0, 0.05) is 24.0 Å². The van der Waals surface area contributed by atoms with E-state index in [4.69, 9.17) is 4.98 Å². The van der Waals surface area contributed by atoms with Gasteiger partial charge in [0.1, 0.15) is 17.4 Å². The van der Waals surface area contributed by atoms with Crippen LogP contribution in [0.1, 0.15) is 43.0 Å². The number of carbonyl (C=O) groups is 1. The van der Waals surface area contributed by atoms with Crippen LogP contribution in [0.15, 0.2) is 54.7 Å². The van der Waals surface area contributed by atoms with Gasteiger partial charge < -0.3 is 0 Å². The molecular formula is C25H22F2N2O. The number of hydrogen-bond acceptors (Lipinski definition) is 3. The number of aromatic nitrogens is 2. The van der Waals surface area contributed by atoms with Gasteiger partial charge in [0.15, 0.2) is 5.82 Å². The minimum atomic E-state index is -0.678. The van der Waals surface area contributed by atoms with E-state index < -0.39 is 17.0 Å². The molecule has 1 heterocycles. The SMILES string of the molecule is C[C@@H]1C(=O)CC[C@]2(c3ccccc3)c3nc(-c4c(F)cccc4F)ncc3CC[C@@H]12. The minimum absolute atomic E-state index is 0.0601. The van der Waals surface area contributed by atoms with E-state index in [0.717, 1.165) is 29.7 Å². The van der Waals surface area contributed by atoms with E-state index in [-0.39, 0.29) is 29.0 Å². The molecule has 2 aliphatic rings. The van der Waals surface area contributed by atoms with Crippen LogP contribution in [0.25, 0.3) is 11.4 Å². The van der Waals surface area contributed by atoms with Crippen molar-refractivity contribution in [2.45, 2.75) is 38.0 Å². The maximum absolute atomic E-state index is 14.5. The molecule has 30 heavy (non-hydrogen) atoms. The predicted octanol–water partition coefficient (Wildman–Crippen LogP) is 5.27. The zero-order valence-electron chi connectivity index (χ0n) is 16.7. The first-order valence-electron chi connectivity index (χ1n) is 10.4. The second-order valence-corrected chi connectivity index (χ2v) is 8.40. The highest BCUT2D eigenvalue weighted by Crippen LogP contribution is 2.54. The first kappa shape index (κ1) is 19.0. The summed E-state index contributed by atoms with van der Waals surface area (Å²) >= 11 is 0. The Morgan fingerprint density at radius 1 is 1.00 bits per heavy atom. The van der Waals surface area contributed by atoms with Crippen LogP contribution >= 0.6 is 0 Å². The smallest absolute Gasteiger partial charge is 0.165 e. The largest absolute Gasteiger partial charge is 0.299 e. The number of hydrogen-bond donors (Lipinski definition) is 0. The van der Waals surface area contributed by atoms with Crippen molar-refractivity contribution in [3.05, 3.63) is 83.2 Å². The molecular weight excluding hydrogens is 382 g/mol. The summed E-state index contributed by atoms with van der Waals surface area (Å²) in [5.41, 5.74) is 2.26. The van der Waals surface area contributed by atoms with Gasteiger partial charge in [0.2, 0.25) is 0 Å². The van der Waals surface area contributed by atoms with Crippen LogP contribution in [-0.4, -0.2) is 15.8 Å². The van der Waals surface area contributed by atoms with Gasteiger partial charge in [-0.05, 0) is 48.4 Å². The fourth-order valence-electron chi connectivity index (χ4n) is 5.52. The first-order valence-corrected chi connectivity index (χ1v) is 10.4. The molecule has 0 bridgehead atoms. The average Bonchev–Trinajstić information content (AvgIpc) is 2.76. The number of aryl methyl sites for hydroxylation is 1. The second-order valence-electron chi connectivity index (χ2n) is 8.40. The normalized spacial score (nSPS) is 25.5. The van der Waals surface area contributed by atoms with Crippen molar-refractivity contribution in [2.75, 3.05) is 0 Å². The maximum Gasteiger partial charge on any atom is 0.165 e. The van der Waals surface area contributed by atoms with Gasteiger partial charge >= 0.3 is 0 Å². The van der Waals surface area contributed by atoms with E-state index in [0.29, 0.717) is 12.8 Å². The monoisotopic (exact) mass is 404 g/mol. The molecule has 1 aromatic heterocycles. The van der Waals surface area contributed by atoms with Gasteiger partial charge in [-0.1, -0.05) is 43.3 Å². The Labute approximate surface area is 174 Å². The van der Waals surface area contributed by atoms with Gasteiger partial charge in [-0.2, -0.15) is 0 Å². The summed E-state index contributed by atoms with van der Waals surface area (Å²) in [6.45, 7) is 2.01. The lowest BCUT2D eigenvalue weighted by molar-refractivity contribution is -0.128. The molecule has 0 unspecified atom stereocenters. The van der Waals surface area contributed by atoms with Gasteiger partial charge in [0.25, 0.3) is 0 Å². The number of fused-ring (bicyclic) bond motifs is 3. The van der Waals surface area contributed by atoms with Crippen molar-refractivity contribution in [3.8, 4) is 11.4 Å². The molecule has 0 N–H and O–H groups in total. The Morgan fingerprint density at radius 3 is 2.47 bits per heavy atom. The van der Waals surface area contributed by atoms with Gasteiger partial charge in [-0.25, -0.2) is 18.7 Å². The fraction of sp³-hybridized carbons (Fsp3) is 0.320. The Morgan fingerprint density at radius 2 is 1.73 bits per heavy atom. The highest BCUT2D eigenvalue weighted by atomic mass is 19.1. The molecule has 1 saturated carbocycles. The molecule has 3 nitrogen and oxygen atoms in total. The third kappa shape index (κ3) is 2.72. The van der Waals surface area contributed by atoms with Crippen molar-refractivity contribution in [1.29, 1.82) is 0 Å². The summed E-state index contributed by atoms with van der Waals surface area (Å²) in [4.78, 5) is 21.7. The highest BCUT2D eigenvalue weighted by Gasteiger charge is 2.53. The third-order valence-corrected chi connectivity index (χ3v) is 7.00. The van der Waals surface area contributed by atoms with E-state index >= 15 is 0 Å². The fourth-order valence-corrected chi connectivity index (χ4v) is 5.52. The molecule has 152 valence electrons. The molecule has 0 spiro atoms. The van der Waals surface area contributed by atoms with Crippen LogP contribution < -0.4 is 0 Å². The van der Waals surface area contributed by atoms with E-state index in [9.17, 15) is 13.6 Å². The second kappa shape index (κ2) is 7.08. The maximum atomic E-state index is 14.5. The summed E-state index contributed by atoms with van der Waals surface area (Å²) < 4.78 is 28.9.